The molecule has 0 radical (unpaired) electrons. The van der Waals surface area contributed by atoms with Crippen LogP contribution in [0.4, 0.5) is 0 Å². The first-order valence-electron chi connectivity index (χ1n) is 7.71. The van der Waals surface area contributed by atoms with Crippen molar-refractivity contribution in [3.63, 3.8) is 0 Å². The predicted molar refractivity (Wildman–Crippen MR) is 96.5 cm³/mol. The van der Waals surface area contributed by atoms with Crippen LogP contribution in [0, 0.1) is 6.92 Å². The van der Waals surface area contributed by atoms with E-state index in [1.54, 1.807) is 37.0 Å². The van der Waals surface area contributed by atoms with Gasteiger partial charge in [-0.1, -0.05) is 6.07 Å². The molecule has 0 bridgehead atoms. The fourth-order valence-electron chi connectivity index (χ4n) is 2.49. The van der Waals surface area contributed by atoms with Crippen molar-refractivity contribution < 1.29 is 9.00 Å². The largest absolute Gasteiger partial charge is 0.346 e. The van der Waals surface area contributed by atoms with Gasteiger partial charge in [0.05, 0.1) is 29.2 Å². The number of aromatic amines is 1. The third-order valence-corrected chi connectivity index (χ3v) is 4.90. The summed E-state index contributed by atoms with van der Waals surface area (Å²) in [7, 11) is -1.13. The van der Waals surface area contributed by atoms with Crippen LogP contribution in [0.3, 0.4) is 0 Å². The number of hydrogen-bond donors (Lipinski definition) is 2. The van der Waals surface area contributed by atoms with Crippen LogP contribution in [0.5, 0.6) is 0 Å². The molecule has 1 aromatic carbocycles. The van der Waals surface area contributed by atoms with E-state index in [0.29, 0.717) is 17.0 Å². The maximum atomic E-state index is 12.4. The summed E-state index contributed by atoms with van der Waals surface area (Å²) >= 11 is 0. The zero-order valence-corrected chi connectivity index (χ0v) is 14.8. The van der Waals surface area contributed by atoms with Crippen LogP contribution in [0.15, 0.2) is 53.8 Å². The molecule has 0 aliphatic heterocycles. The second kappa shape index (κ2) is 7.40. The summed E-state index contributed by atoms with van der Waals surface area (Å²) in [6.07, 6.45) is 6.84. The van der Waals surface area contributed by atoms with Crippen LogP contribution >= 0.6 is 0 Å². The van der Waals surface area contributed by atoms with Crippen LogP contribution in [-0.4, -0.2) is 31.6 Å². The van der Waals surface area contributed by atoms with Gasteiger partial charge in [-0.2, -0.15) is 5.10 Å². The summed E-state index contributed by atoms with van der Waals surface area (Å²) in [4.78, 5) is 17.3. The Morgan fingerprint density at radius 1 is 1.24 bits per heavy atom. The van der Waals surface area contributed by atoms with Crippen LogP contribution in [-0.2, 0) is 17.3 Å². The molecule has 0 aliphatic carbocycles. The summed E-state index contributed by atoms with van der Waals surface area (Å²) in [6, 6.07) is 9.02. The first-order chi connectivity index (χ1) is 12.0. The van der Waals surface area contributed by atoms with Gasteiger partial charge in [0.15, 0.2) is 0 Å². The molecule has 0 saturated carbocycles. The third kappa shape index (κ3) is 4.00. The fourth-order valence-corrected chi connectivity index (χ4v) is 3.30. The molecule has 25 heavy (non-hydrogen) atoms. The number of aryl methyl sites for hydroxylation is 1. The number of nitrogens with one attached hydrogen (secondary N) is 2. The minimum atomic E-state index is -1.13. The van der Waals surface area contributed by atoms with E-state index < -0.39 is 10.8 Å². The third-order valence-electron chi connectivity index (χ3n) is 3.84. The molecule has 0 fully saturated rings. The monoisotopic (exact) mass is 354 g/mol. The number of aromatic nitrogens is 3. The van der Waals surface area contributed by atoms with Crippen molar-refractivity contribution in [1.29, 1.82) is 0 Å². The van der Waals surface area contributed by atoms with E-state index in [1.165, 1.54) is 0 Å². The molecule has 3 aromatic rings. The van der Waals surface area contributed by atoms with Crippen LogP contribution in [0.2, 0.25) is 0 Å². The molecule has 1 unspecified atom stereocenters. The highest BCUT2D eigenvalue weighted by Crippen LogP contribution is 2.18. The van der Waals surface area contributed by atoms with Crippen LogP contribution < -0.4 is 5.32 Å². The lowest BCUT2D eigenvalue weighted by Gasteiger charge is -2.08. The Kier molecular flexibility index (Phi) is 5.04. The van der Waals surface area contributed by atoms with Gasteiger partial charge in [-0.3, -0.25) is 19.1 Å². The summed E-state index contributed by atoms with van der Waals surface area (Å²) in [5.74, 6) is -0.220. The Labute approximate surface area is 148 Å². The zero-order chi connectivity index (χ0) is 17.8. The van der Waals surface area contributed by atoms with Crippen molar-refractivity contribution in [2.75, 3.05) is 6.26 Å². The lowest BCUT2D eigenvalue weighted by Crippen LogP contribution is -2.23. The van der Waals surface area contributed by atoms with E-state index in [9.17, 15) is 9.00 Å². The predicted octanol–water partition coefficient (Wildman–Crippen LogP) is 2.45. The number of H-pyrrole nitrogens is 1. The average Bonchev–Trinajstić information content (AvgIpc) is 3.15. The quantitative estimate of drug-likeness (QED) is 0.737. The second-order valence-electron chi connectivity index (χ2n) is 5.64. The Morgan fingerprint density at radius 2 is 2.08 bits per heavy atom. The molecular weight excluding hydrogens is 336 g/mol. The number of carbonyl (C=O) groups excluding carboxylic acids is 1. The molecule has 0 saturated heterocycles. The maximum Gasteiger partial charge on any atom is 0.251 e. The van der Waals surface area contributed by atoms with Crippen molar-refractivity contribution in [2.24, 2.45) is 0 Å². The van der Waals surface area contributed by atoms with E-state index in [4.69, 9.17) is 0 Å². The van der Waals surface area contributed by atoms with Gasteiger partial charge in [-0.05, 0) is 42.3 Å². The van der Waals surface area contributed by atoms with Crippen molar-refractivity contribution in [2.45, 2.75) is 18.4 Å². The summed E-state index contributed by atoms with van der Waals surface area (Å²) < 4.78 is 11.7. The van der Waals surface area contributed by atoms with Crippen LogP contribution in [0.1, 0.15) is 21.6 Å². The minimum Gasteiger partial charge on any atom is -0.346 e. The highest BCUT2D eigenvalue weighted by molar-refractivity contribution is 7.84. The smallest absolute Gasteiger partial charge is 0.251 e. The number of rotatable bonds is 5. The van der Waals surface area contributed by atoms with Gasteiger partial charge in [0, 0.05) is 34.7 Å². The van der Waals surface area contributed by atoms with Gasteiger partial charge in [-0.25, -0.2) is 0 Å². The van der Waals surface area contributed by atoms with E-state index in [2.05, 4.69) is 20.5 Å². The molecule has 3 rings (SSSR count). The van der Waals surface area contributed by atoms with Gasteiger partial charge in [-0.15, -0.1) is 0 Å². The highest BCUT2D eigenvalue weighted by atomic mass is 32.2. The molecular formula is C18H18N4O2S. The molecule has 1 amide bonds. The second-order valence-corrected chi connectivity index (χ2v) is 6.99. The Balaban J connectivity index is 1.72. The zero-order valence-electron chi connectivity index (χ0n) is 13.9. The number of nitrogens with zero attached hydrogens (tertiary/aromatic N) is 2. The molecule has 0 spiro atoms. The number of hydrogen-bond acceptors (Lipinski definition) is 4. The molecule has 7 heteroatoms. The molecule has 128 valence electrons. The molecule has 2 N–H and O–H groups in total. The molecule has 6 nitrogen and oxygen atoms in total. The standard InChI is InChI=1S/C18H18N4O2S/c1-12-3-4-14(8-17(12)25(2)24)18(23)20-11-16-7-13(5-6-19-16)15-9-21-22-10-15/h3-10H,11H2,1-2H3,(H,20,23)(H,21,22). The Bertz CT molecular complexity index is 923. The normalized spacial score (nSPS) is 11.9. The Morgan fingerprint density at radius 3 is 2.80 bits per heavy atom. The SMILES string of the molecule is Cc1ccc(C(=O)NCc2cc(-c3cn[nH]c3)ccn2)cc1S(C)=O. The maximum absolute atomic E-state index is 12.4. The van der Waals surface area contributed by atoms with Gasteiger partial charge in [0.1, 0.15) is 0 Å². The van der Waals surface area contributed by atoms with Crippen molar-refractivity contribution in [3.8, 4) is 11.1 Å². The summed E-state index contributed by atoms with van der Waals surface area (Å²) in [5, 5.41) is 9.55. The van der Waals surface area contributed by atoms with Crippen LogP contribution in [0.25, 0.3) is 11.1 Å². The highest BCUT2D eigenvalue weighted by Gasteiger charge is 2.10. The molecule has 0 aliphatic rings. The van der Waals surface area contributed by atoms with Crippen molar-refractivity contribution in [1.82, 2.24) is 20.5 Å². The summed E-state index contributed by atoms with van der Waals surface area (Å²) in [5.41, 5.74) is 4.09. The van der Waals surface area contributed by atoms with E-state index in [1.807, 2.05) is 25.1 Å². The Hall–Kier alpha value is -2.80. The van der Waals surface area contributed by atoms with Crippen molar-refractivity contribution in [3.05, 3.63) is 65.7 Å². The first-order valence-corrected chi connectivity index (χ1v) is 9.27. The van der Waals surface area contributed by atoms with Gasteiger partial charge >= 0.3 is 0 Å². The van der Waals surface area contributed by atoms with Gasteiger partial charge < -0.3 is 5.32 Å². The molecule has 1 atom stereocenters. The lowest BCUT2D eigenvalue weighted by atomic mass is 10.1. The average molecular weight is 354 g/mol. The number of pyridine rings is 1. The van der Waals surface area contributed by atoms with Gasteiger partial charge in [0.2, 0.25) is 0 Å². The molecule has 2 heterocycles. The molecule has 2 aromatic heterocycles. The number of benzene rings is 1. The van der Waals surface area contributed by atoms with E-state index in [-0.39, 0.29) is 5.91 Å². The summed E-state index contributed by atoms with van der Waals surface area (Å²) in [6.45, 7) is 2.19. The van der Waals surface area contributed by atoms with E-state index in [0.717, 1.165) is 22.4 Å². The van der Waals surface area contributed by atoms with Crippen molar-refractivity contribution >= 4 is 16.7 Å². The minimum absolute atomic E-state index is 0.220. The fraction of sp³-hybridized carbons (Fsp3) is 0.167. The topological polar surface area (TPSA) is 87.7 Å². The number of carbonyl (C=O) groups is 1. The number of amides is 1. The lowest BCUT2D eigenvalue weighted by molar-refractivity contribution is 0.0950. The van der Waals surface area contributed by atoms with Gasteiger partial charge in [0.25, 0.3) is 5.91 Å². The first kappa shape index (κ1) is 17.0. The van der Waals surface area contributed by atoms with E-state index >= 15 is 0 Å².